The van der Waals surface area contributed by atoms with E-state index in [4.69, 9.17) is 19.2 Å². The van der Waals surface area contributed by atoms with Gasteiger partial charge in [0.05, 0.1) is 6.10 Å². The van der Waals surface area contributed by atoms with E-state index >= 15 is 0 Å². The molecular weight excluding hydrogens is 290 g/mol. The lowest BCUT2D eigenvalue weighted by Crippen LogP contribution is -2.36. The second-order valence-electron chi connectivity index (χ2n) is 7.75. The van der Waals surface area contributed by atoms with Gasteiger partial charge in [-0.3, -0.25) is 0 Å². The fourth-order valence-electron chi connectivity index (χ4n) is 4.32. The van der Waals surface area contributed by atoms with E-state index in [0.717, 1.165) is 5.56 Å². The molecule has 2 fully saturated rings. The van der Waals surface area contributed by atoms with Gasteiger partial charge < -0.3 is 14.2 Å². The Kier molecular flexibility index (Phi) is 3.69. The summed E-state index contributed by atoms with van der Waals surface area (Å²) in [6.45, 7) is 4.68. The first-order valence-electron chi connectivity index (χ1n) is 8.55. The van der Waals surface area contributed by atoms with Gasteiger partial charge in [0.15, 0.2) is 0 Å². The number of ether oxygens (including phenoxy) is 3. The lowest BCUT2D eigenvalue weighted by Gasteiger charge is -2.26. The average molecular weight is 315 g/mol. The van der Waals surface area contributed by atoms with Crippen LogP contribution in [0.4, 0.5) is 0 Å². The highest BCUT2D eigenvalue weighted by Crippen LogP contribution is 2.47. The molecule has 1 aromatic rings. The van der Waals surface area contributed by atoms with Crippen LogP contribution in [0.5, 0.6) is 0 Å². The van der Waals surface area contributed by atoms with Gasteiger partial charge in [0.25, 0.3) is 0 Å². The molecule has 2 aliphatic heterocycles. The van der Waals surface area contributed by atoms with E-state index in [2.05, 4.69) is 13.8 Å². The van der Waals surface area contributed by atoms with Crippen molar-refractivity contribution in [3.05, 3.63) is 35.9 Å². The highest BCUT2D eigenvalue weighted by atomic mass is 16.7. The summed E-state index contributed by atoms with van der Waals surface area (Å²) in [6.07, 6.45) is 3.42. The number of hydrogen-bond donors (Lipinski definition) is 0. The monoisotopic (exact) mass is 315 g/mol. The molecule has 1 aromatic carbocycles. The summed E-state index contributed by atoms with van der Waals surface area (Å²) in [5.74, 6) is 1.22. The molecule has 0 N–H and O–H groups in total. The van der Waals surface area contributed by atoms with Gasteiger partial charge in [-0.1, -0.05) is 32.0 Å². The second-order valence-corrected chi connectivity index (χ2v) is 7.75. The number of methoxy groups -OCH3 is 1. The number of aliphatic imine (C=N–C) groups is 1. The lowest BCUT2D eigenvalue weighted by molar-refractivity contribution is -0.103. The SMILES string of the molecule is CO[C@H]1[C@@H]2N=C(c3ccccc3)O[C@@H]2O[C@@H]1[C@H]1CCC(C)(C)C1. The maximum atomic E-state index is 6.26. The Bertz CT molecular complexity index is 598. The standard InChI is InChI=1S/C19H25NO3/c1-19(2)10-9-13(11-19)15-16(21-3)14-18(22-15)23-17(20-14)12-7-5-4-6-8-12/h4-8,13-16,18H,9-11H2,1-3H3/t13-,14-,15+,16-,18-/m0/s1. The number of rotatable bonds is 3. The van der Waals surface area contributed by atoms with Gasteiger partial charge in [0.2, 0.25) is 12.2 Å². The summed E-state index contributed by atoms with van der Waals surface area (Å²) in [7, 11) is 1.76. The van der Waals surface area contributed by atoms with Crippen LogP contribution in [-0.2, 0) is 14.2 Å². The zero-order valence-electron chi connectivity index (χ0n) is 14.1. The van der Waals surface area contributed by atoms with Gasteiger partial charge in [0, 0.05) is 12.7 Å². The van der Waals surface area contributed by atoms with Crippen molar-refractivity contribution in [2.45, 2.75) is 57.6 Å². The molecule has 23 heavy (non-hydrogen) atoms. The van der Waals surface area contributed by atoms with Crippen LogP contribution in [0.15, 0.2) is 35.3 Å². The summed E-state index contributed by atoms with van der Waals surface area (Å²) in [5, 5.41) is 0. The molecule has 0 bridgehead atoms. The second kappa shape index (κ2) is 5.60. The molecule has 0 amide bonds. The molecular formula is C19H25NO3. The van der Waals surface area contributed by atoms with E-state index in [1.165, 1.54) is 19.3 Å². The van der Waals surface area contributed by atoms with Crippen LogP contribution in [0.3, 0.4) is 0 Å². The molecule has 124 valence electrons. The van der Waals surface area contributed by atoms with Crippen molar-refractivity contribution in [1.82, 2.24) is 0 Å². The molecule has 1 saturated heterocycles. The zero-order chi connectivity index (χ0) is 16.0. The molecule has 0 radical (unpaired) electrons. The van der Waals surface area contributed by atoms with Crippen LogP contribution < -0.4 is 0 Å². The lowest BCUT2D eigenvalue weighted by atomic mass is 9.87. The Morgan fingerprint density at radius 2 is 2.00 bits per heavy atom. The topological polar surface area (TPSA) is 40.0 Å². The van der Waals surface area contributed by atoms with E-state index in [-0.39, 0.29) is 24.5 Å². The summed E-state index contributed by atoms with van der Waals surface area (Å²) in [5.41, 5.74) is 1.41. The largest absolute Gasteiger partial charge is 0.445 e. The molecule has 1 aliphatic carbocycles. The predicted octanol–water partition coefficient (Wildman–Crippen LogP) is 3.40. The van der Waals surface area contributed by atoms with Crippen LogP contribution >= 0.6 is 0 Å². The third kappa shape index (κ3) is 2.68. The summed E-state index contributed by atoms with van der Waals surface area (Å²) < 4.78 is 18.0. The van der Waals surface area contributed by atoms with Gasteiger partial charge in [-0.2, -0.15) is 0 Å². The molecule has 4 heteroatoms. The molecule has 4 rings (SSSR count). The molecule has 3 aliphatic rings. The van der Waals surface area contributed by atoms with Crippen LogP contribution in [0, 0.1) is 11.3 Å². The number of fused-ring (bicyclic) bond motifs is 1. The van der Waals surface area contributed by atoms with E-state index < -0.39 is 0 Å². The van der Waals surface area contributed by atoms with Gasteiger partial charge in [-0.15, -0.1) is 0 Å². The molecule has 0 unspecified atom stereocenters. The summed E-state index contributed by atoms with van der Waals surface area (Å²) in [6, 6.07) is 9.95. The molecule has 1 saturated carbocycles. The van der Waals surface area contributed by atoms with Crippen LogP contribution in [0.1, 0.15) is 38.7 Å². The smallest absolute Gasteiger partial charge is 0.227 e. The Morgan fingerprint density at radius 3 is 2.65 bits per heavy atom. The Hall–Kier alpha value is -1.39. The maximum absolute atomic E-state index is 6.26. The first-order valence-corrected chi connectivity index (χ1v) is 8.55. The van der Waals surface area contributed by atoms with Crippen molar-refractivity contribution in [2.24, 2.45) is 16.3 Å². The molecule has 0 aromatic heterocycles. The Balaban J connectivity index is 1.53. The molecule has 0 spiro atoms. The predicted molar refractivity (Wildman–Crippen MR) is 88.4 cm³/mol. The minimum absolute atomic E-state index is 0.0138. The van der Waals surface area contributed by atoms with Crippen molar-refractivity contribution in [3.8, 4) is 0 Å². The highest BCUT2D eigenvalue weighted by molar-refractivity contribution is 5.95. The van der Waals surface area contributed by atoms with Crippen molar-refractivity contribution >= 4 is 5.90 Å². The first-order chi connectivity index (χ1) is 11.1. The van der Waals surface area contributed by atoms with Crippen molar-refractivity contribution in [3.63, 3.8) is 0 Å². The van der Waals surface area contributed by atoms with Crippen LogP contribution in [-0.4, -0.2) is 37.5 Å². The van der Waals surface area contributed by atoms with Gasteiger partial charge in [-0.25, -0.2) is 4.99 Å². The van der Waals surface area contributed by atoms with Crippen molar-refractivity contribution in [1.29, 1.82) is 0 Å². The fraction of sp³-hybridized carbons (Fsp3) is 0.632. The molecule has 2 heterocycles. The summed E-state index contributed by atoms with van der Waals surface area (Å²) in [4.78, 5) is 4.77. The van der Waals surface area contributed by atoms with E-state index in [9.17, 15) is 0 Å². The van der Waals surface area contributed by atoms with Gasteiger partial charge >= 0.3 is 0 Å². The number of nitrogens with zero attached hydrogens (tertiary/aromatic N) is 1. The first kappa shape index (κ1) is 15.2. The maximum Gasteiger partial charge on any atom is 0.227 e. The van der Waals surface area contributed by atoms with Crippen molar-refractivity contribution < 1.29 is 14.2 Å². The zero-order valence-corrected chi connectivity index (χ0v) is 14.1. The van der Waals surface area contributed by atoms with E-state index in [0.29, 0.717) is 17.2 Å². The minimum Gasteiger partial charge on any atom is -0.445 e. The fourth-order valence-corrected chi connectivity index (χ4v) is 4.32. The summed E-state index contributed by atoms with van der Waals surface area (Å²) >= 11 is 0. The Morgan fingerprint density at radius 1 is 1.22 bits per heavy atom. The third-order valence-corrected chi connectivity index (χ3v) is 5.49. The van der Waals surface area contributed by atoms with Crippen molar-refractivity contribution in [2.75, 3.05) is 7.11 Å². The van der Waals surface area contributed by atoms with Gasteiger partial charge in [0.1, 0.15) is 12.1 Å². The quantitative estimate of drug-likeness (QED) is 0.858. The van der Waals surface area contributed by atoms with E-state index in [1.54, 1.807) is 7.11 Å². The van der Waals surface area contributed by atoms with Gasteiger partial charge in [-0.05, 0) is 42.7 Å². The number of benzene rings is 1. The minimum atomic E-state index is -0.302. The Labute approximate surface area is 137 Å². The van der Waals surface area contributed by atoms with Crippen LogP contribution in [0.2, 0.25) is 0 Å². The highest BCUT2D eigenvalue weighted by Gasteiger charge is 2.54. The van der Waals surface area contributed by atoms with E-state index in [1.807, 2.05) is 30.3 Å². The third-order valence-electron chi connectivity index (χ3n) is 5.49. The average Bonchev–Trinajstić information content (AvgIpc) is 3.19. The molecule has 5 atom stereocenters. The number of hydrogen-bond acceptors (Lipinski definition) is 4. The molecule has 4 nitrogen and oxygen atoms in total. The normalized spacial score (nSPS) is 38.2. The van der Waals surface area contributed by atoms with Crippen LogP contribution in [0.25, 0.3) is 0 Å².